The van der Waals surface area contributed by atoms with E-state index in [1.54, 1.807) is 0 Å². The van der Waals surface area contributed by atoms with Gasteiger partial charge in [-0.15, -0.1) is 0 Å². The molecule has 1 unspecified atom stereocenters. The van der Waals surface area contributed by atoms with E-state index < -0.39 is 23.3 Å². The van der Waals surface area contributed by atoms with Gasteiger partial charge in [0.15, 0.2) is 0 Å². The van der Waals surface area contributed by atoms with E-state index >= 15 is 0 Å². The van der Waals surface area contributed by atoms with Gasteiger partial charge in [-0.05, 0) is 18.2 Å². The summed E-state index contributed by atoms with van der Waals surface area (Å²) in [4.78, 5) is 0.00634. The zero-order valence-electron chi connectivity index (χ0n) is 6.80. The topological polar surface area (TPSA) is 43.1 Å². The lowest BCUT2D eigenvalue weighted by Gasteiger charge is -2.01. The fourth-order valence-corrected chi connectivity index (χ4v) is 1.74. The van der Waals surface area contributed by atoms with E-state index in [4.69, 9.17) is 5.73 Å². The molecule has 2 N–H and O–H groups in total. The van der Waals surface area contributed by atoms with Crippen molar-refractivity contribution in [2.24, 2.45) is 0 Å². The maximum atomic E-state index is 13.0. The molecule has 0 amide bonds. The highest BCUT2D eigenvalue weighted by atomic mass is 32.2. The van der Waals surface area contributed by atoms with Crippen LogP contribution in [-0.2, 0) is 10.8 Å². The molecule has 1 aromatic carbocycles. The number of rotatable bonds is 3. The Hall–Kier alpha value is -0.970. The van der Waals surface area contributed by atoms with Crippen LogP contribution in [0.25, 0.3) is 0 Å². The summed E-state index contributed by atoms with van der Waals surface area (Å²) in [5.74, 6) is -0.826. The van der Waals surface area contributed by atoms with Gasteiger partial charge in [-0.25, -0.2) is 4.39 Å². The van der Waals surface area contributed by atoms with Gasteiger partial charge in [0.1, 0.15) is 12.5 Å². The maximum Gasteiger partial charge on any atom is 0.141 e. The highest BCUT2D eigenvalue weighted by Gasteiger charge is 2.09. The van der Waals surface area contributed by atoms with Gasteiger partial charge in [0.25, 0.3) is 0 Å². The SMILES string of the molecule is Nc1ccc(S(=O)CCF)c(F)c1. The van der Waals surface area contributed by atoms with Gasteiger partial charge in [-0.2, -0.15) is 0 Å². The molecule has 5 heteroatoms. The molecule has 0 aliphatic heterocycles. The van der Waals surface area contributed by atoms with Crippen molar-refractivity contribution >= 4 is 16.5 Å². The van der Waals surface area contributed by atoms with Crippen molar-refractivity contribution < 1.29 is 13.0 Å². The van der Waals surface area contributed by atoms with Gasteiger partial charge in [-0.1, -0.05) is 0 Å². The third kappa shape index (κ3) is 2.48. The molecule has 0 spiro atoms. The highest BCUT2D eigenvalue weighted by Crippen LogP contribution is 2.15. The van der Waals surface area contributed by atoms with E-state index in [1.807, 2.05) is 0 Å². The number of nitrogens with two attached hydrogens (primary N) is 1. The number of hydrogen-bond acceptors (Lipinski definition) is 2. The van der Waals surface area contributed by atoms with Crippen molar-refractivity contribution in [1.82, 2.24) is 0 Å². The van der Waals surface area contributed by atoms with Gasteiger partial charge in [0, 0.05) is 5.69 Å². The van der Waals surface area contributed by atoms with Gasteiger partial charge in [0.05, 0.1) is 21.4 Å². The van der Waals surface area contributed by atoms with Crippen LogP contribution in [-0.4, -0.2) is 16.6 Å². The first-order valence-corrected chi connectivity index (χ1v) is 4.96. The monoisotopic (exact) mass is 205 g/mol. The molecule has 0 bridgehead atoms. The van der Waals surface area contributed by atoms with Crippen molar-refractivity contribution in [3.05, 3.63) is 24.0 Å². The van der Waals surface area contributed by atoms with E-state index in [9.17, 15) is 13.0 Å². The lowest BCUT2D eigenvalue weighted by molar-refractivity contribution is 0.527. The van der Waals surface area contributed by atoms with Crippen LogP contribution in [0, 0.1) is 5.82 Å². The van der Waals surface area contributed by atoms with Crippen molar-refractivity contribution in [2.45, 2.75) is 4.90 Å². The van der Waals surface area contributed by atoms with Gasteiger partial charge in [0.2, 0.25) is 0 Å². The molecule has 1 aromatic rings. The van der Waals surface area contributed by atoms with Gasteiger partial charge in [-0.3, -0.25) is 8.60 Å². The van der Waals surface area contributed by atoms with Crippen LogP contribution in [0.5, 0.6) is 0 Å². The van der Waals surface area contributed by atoms with Crippen molar-refractivity contribution in [3.63, 3.8) is 0 Å². The molecule has 0 aromatic heterocycles. The Bertz CT molecular complexity index is 330. The lowest BCUT2D eigenvalue weighted by Crippen LogP contribution is -2.02. The van der Waals surface area contributed by atoms with Crippen LogP contribution < -0.4 is 5.73 Å². The lowest BCUT2D eigenvalue weighted by atomic mass is 10.3. The molecule has 0 radical (unpaired) electrons. The molecule has 2 nitrogen and oxygen atoms in total. The Kier molecular flexibility index (Phi) is 3.36. The molecule has 0 saturated carbocycles. The summed E-state index contributed by atoms with van der Waals surface area (Å²) in [6.07, 6.45) is 0. The fourth-order valence-electron chi connectivity index (χ4n) is 0.882. The Balaban J connectivity index is 2.95. The number of halogens is 2. The second kappa shape index (κ2) is 4.32. The number of nitrogen functional groups attached to an aromatic ring is 1. The minimum Gasteiger partial charge on any atom is -0.399 e. The highest BCUT2D eigenvalue weighted by molar-refractivity contribution is 7.85. The first-order valence-electron chi connectivity index (χ1n) is 3.64. The van der Waals surface area contributed by atoms with E-state index in [-0.39, 0.29) is 16.3 Å². The molecular formula is C8H9F2NOS. The van der Waals surface area contributed by atoms with Crippen LogP contribution in [0.4, 0.5) is 14.5 Å². The summed E-state index contributed by atoms with van der Waals surface area (Å²) in [6, 6.07) is 3.83. The Morgan fingerprint density at radius 2 is 2.15 bits per heavy atom. The van der Waals surface area contributed by atoms with E-state index in [0.29, 0.717) is 0 Å². The zero-order valence-corrected chi connectivity index (χ0v) is 7.61. The Labute approximate surface area is 77.2 Å². The molecule has 1 rings (SSSR count). The summed E-state index contributed by atoms with van der Waals surface area (Å²) in [5.41, 5.74) is 5.55. The summed E-state index contributed by atoms with van der Waals surface area (Å²) in [5, 5.41) is 0. The molecule has 0 aliphatic carbocycles. The summed E-state index contributed by atoms with van der Waals surface area (Å²) >= 11 is 0. The fraction of sp³-hybridized carbons (Fsp3) is 0.250. The van der Waals surface area contributed by atoms with Crippen LogP contribution in [0.3, 0.4) is 0 Å². The molecule has 13 heavy (non-hydrogen) atoms. The van der Waals surface area contributed by atoms with Crippen molar-refractivity contribution in [3.8, 4) is 0 Å². The normalized spacial score (nSPS) is 12.8. The minimum absolute atomic E-state index is 0.00634. The molecule has 72 valence electrons. The first-order chi connectivity index (χ1) is 6.15. The number of hydrogen-bond donors (Lipinski definition) is 1. The summed E-state index contributed by atoms with van der Waals surface area (Å²) < 4.78 is 36.0. The zero-order chi connectivity index (χ0) is 9.84. The number of benzene rings is 1. The molecular weight excluding hydrogens is 196 g/mol. The quantitative estimate of drug-likeness (QED) is 0.759. The second-order valence-electron chi connectivity index (χ2n) is 2.43. The van der Waals surface area contributed by atoms with Crippen LogP contribution in [0.2, 0.25) is 0 Å². The van der Waals surface area contributed by atoms with Gasteiger partial charge < -0.3 is 5.73 Å². The molecule has 0 fully saturated rings. The van der Waals surface area contributed by atoms with Gasteiger partial charge >= 0.3 is 0 Å². The average molecular weight is 205 g/mol. The van der Waals surface area contributed by atoms with Crippen LogP contribution in [0.15, 0.2) is 23.1 Å². The van der Waals surface area contributed by atoms with Crippen LogP contribution >= 0.6 is 0 Å². The summed E-state index contributed by atoms with van der Waals surface area (Å²) in [7, 11) is -1.61. The maximum absolute atomic E-state index is 13.0. The molecule has 1 atom stereocenters. The number of anilines is 1. The van der Waals surface area contributed by atoms with E-state index in [0.717, 1.165) is 6.07 Å². The Morgan fingerprint density at radius 3 is 2.69 bits per heavy atom. The predicted octanol–water partition coefficient (Wildman–Crippen LogP) is 1.49. The van der Waals surface area contributed by atoms with Crippen LogP contribution in [0.1, 0.15) is 0 Å². The summed E-state index contributed by atoms with van der Waals surface area (Å²) in [6.45, 7) is -0.726. The average Bonchev–Trinajstić information content (AvgIpc) is 2.04. The standard InChI is InChI=1S/C8H9F2NOS/c9-3-4-13(12)8-2-1-6(11)5-7(8)10/h1-2,5H,3-4,11H2. The third-order valence-corrected chi connectivity index (χ3v) is 2.81. The van der Waals surface area contributed by atoms with E-state index in [2.05, 4.69) is 0 Å². The smallest absolute Gasteiger partial charge is 0.141 e. The third-order valence-electron chi connectivity index (χ3n) is 1.46. The van der Waals surface area contributed by atoms with Crippen molar-refractivity contribution in [2.75, 3.05) is 18.2 Å². The Morgan fingerprint density at radius 1 is 1.46 bits per heavy atom. The molecule has 0 aliphatic rings. The second-order valence-corrected chi connectivity index (χ2v) is 3.97. The largest absolute Gasteiger partial charge is 0.399 e. The minimum atomic E-state index is -1.61. The molecule has 0 saturated heterocycles. The first kappa shape index (κ1) is 10.1. The van der Waals surface area contributed by atoms with E-state index in [1.165, 1.54) is 12.1 Å². The molecule has 0 heterocycles. The van der Waals surface area contributed by atoms with Crippen molar-refractivity contribution in [1.29, 1.82) is 0 Å². The predicted molar refractivity (Wildman–Crippen MR) is 48.1 cm³/mol. The number of alkyl halides is 1.